The van der Waals surface area contributed by atoms with Crippen LogP contribution in [0.2, 0.25) is 0 Å². The highest BCUT2D eigenvalue weighted by Crippen LogP contribution is 2.36. The molecule has 4 rings (SSSR count). The third kappa shape index (κ3) is 2.96. The van der Waals surface area contributed by atoms with Crippen molar-refractivity contribution in [1.29, 1.82) is 0 Å². The van der Waals surface area contributed by atoms with Crippen LogP contribution in [0.25, 0.3) is 21.2 Å². The van der Waals surface area contributed by atoms with Crippen LogP contribution in [0, 0.1) is 20.8 Å². The van der Waals surface area contributed by atoms with Gasteiger partial charge in [0.15, 0.2) is 0 Å². The number of aryl methyl sites for hydroxylation is 3. The average Bonchev–Trinajstić information content (AvgIpc) is 2.87. The second-order valence-electron chi connectivity index (χ2n) is 6.02. The standard InChI is InChI=1S/C19H16N2O2S2/c1-10-4-5-14-13(7-16(22)23-15(14)6-10)8-24-18-17-11(2)12(3)25-19(17)21-9-20-18/h4-7,9H,8H2,1-3H3. The molecule has 0 spiro atoms. The van der Waals surface area contributed by atoms with E-state index in [2.05, 4.69) is 23.8 Å². The number of aromatic nitrogens is 2. The summed E-state index contributed by atoms with van der Waals surface area (Å²) in [4.78, 5) is 23.0. The van der Waals surface area contributed by atoms with Gasteiger partial charge >= 0.3 is 5.63 Å². The smallest absolute Gasteiger partial charge is 0.336 e. The largest absolute Gasteiger partial charge is 0.423 e. The molecule has 0 aliphatic carbocycles. The molecule has 0 unspecified atom stereocenters. The van der Waals surface area contributed by atoms with E-state index >= 15 is 0 Å². The van der Waals surface area contributed by atoms with E-state index in [0.717, 1.165) is 31.8 Å². The van der Waals surface area contributed by atoms with Gasteiger partial charge in [0.25, 0.3) is 0 Å². The number of hydrogen-bond acceptors (Lipinski definition) is 6. The predicted octanol–water partition coefficient (Wildman–Crippen LogP) is 5.02. The SMILES string of the molecule is Cc1ccc2c(CSc3ncnc4sc(C)c(C)c34)cc(=O)oc2c1. The second-order valence-corrected chi connectivity index (χ2v) is 8.19. The summed E-state index contributed by atoms with van der Waals surface area (Å²) in [6, 6.07) is 7.53. The predicted molar refractivity (Wildman–Crippen MR) is 104 cm³/mol. The van der Waals surface area contributed by atoms with E-state index in [9.17, 15) is 4.79 Å². The molecule has 25 heavy (non-hydrogen) atoms. The Bertz CT molecular complexity index is 1160. The lowest BCUT2D eigenvalue weighted by molar-refractivity contribution is 0.559. The number of thiophene rings is 1. The van der Waals surface area contributed by atoms with Gasteiger partial charge in [-0.05, 0) is 43.5 Å². The molecule has 0 bridgehead atoms. The minimum Gasteiger partial charge on any atom is -0.423 e. The molecule has 0 aliphatic rings. The van der Waals surface area contributed by atoms with Gasteiger partial charge in [-0.15, -0.1) is 23.1 Å². The number of benzene rings is 1. The topological polar surface area (TPSA) is 56.0 Å². The number of rotatable bonds is 3. The molecule has 6 heteroatoms. The second kappa shape index (κ2) is 6.28. The first-order chi connectivity index (χ1) is 12.0. The van der Waals surface area contributed by atoms with Gasteiger partial charge in [0.2, 0.25) is 0 Å². The third-order valence-corrected chi connectivity index (χ3v) is 6.43. The van der Waals surface area contributed by atoms with E-state index in [-0.39, 0.29) is 5.63 Å². The first kappa shape index (κ1) is 16.3. The number of thioether (sulfide) groups is 1. The van der Waals surface area contributed by atoms with Gasteiger partial charge in [0, 0.05) is 27.5 Å². The summed E-state index contributed by atoms with van der Waals surface area (Å²) in [6.45, 7) is 6.20. The normalized spacial score (nSPS) is 11.5. The molecule has 0 saturated heterocycles. The minimum atomic E-state index is -0.316. The van der Waals surface area contributed by atoms with Crippen molar-refractivity contribution in [3.63, 3.8) is 0 Å². The van der Waals surface area contributed by atoms with E-state index in [1.807, 2.05) is 25.1 Å². The number of fused-ring (bicyclic) bond motifs is 2. The molecular formula is C19H16N2O2S2. The molecule has 0 amide bonds. The van der Waals surface area contributed by atoms with E-state index in [1.54, 1.807) is 35.5 Å². The van der Waals surface area contributed by atoms with Gasteiger partial charge in [0.1, 0.15) is 21.8 Å². The van der Waals surface area contributed by atoms with Crippen LogP contribution >= 0.6 is 23.1 Å². The molecule has 3 aromatic heterocycles. The summed E-state index contributed by atoms with van der Waals surface area (Å²) < 4.78 is 5.34. The molecule has 0 aliphatic heterocycles. The van der Waals surface area contributed by atoms with Crippen LogP contribution in [0.15, 0.2) is 44.8 Å². The quantitative estimate of drug-likeness (QED) is 0.289. The highest BCUT2D eigenvalue weighted by molar-refractivity contribution is 7.98. The van der Waals surface area contributed by atoms with Gasteiger partial charge in [-0.2, -0.15) is 0 Å². The lowest BCUT2D eigenvalue weighted by atomic mass is 10.1. The maximum Gasteiger partial charge on any atom is 0.336 e. The zero-order valence-corrected chi connectivity index (χ0v) is 15.8. The number of hydrogen-bond donors (Lipinski definition) is 0. The summed E-state index contributed by atoms with van der Waals surface area (Å²) >= 11 is 3.32. The van der Waals surface area contributed by atoms with Crippen molar-refractivity contribution >= 4 is 44.3 Å². The Labute approximate surface area is 152 Å². The molecular weight excluding hydrogens is 352 g/mol. The van der Waals surface area contributed by atoms with Crippen LogP contribution in [0.5, 0.6) is 0 Å². The van der Waals surface area contributed by atoms with Gasteiger partial charge in [-0.3, -0.25) is 0 Å². The highest BCUT2D eigenvalue weighted by Gasteiger charge is 2.13. The van der Waals surface area contributed by atoms with Crippen LogP contribution in [-0.4, -0.2) is 9.97 Å². The van der Waals surface area contributed by atoms with Crippen molar-refractivity contribution in [3.8, 4) is 0 Å². The molecule has 126 valence electrons. The maximum atomic E-state index is 11.9. The van der Waals surface area contributed by atoms with Crippen molar-refractivity contribution in [2.75, 3.05) is 0 Å². The fourth-order valence-corrected chi connectivity index (χ4v) is 4.97. The zero-order valence-electron chi connectivity index (χ0n) is 14.1. The van der Waals surface area contributed by atoms with E-state index in [1.165, 1.54) is 10.4 Å². The zero-order chi connectivity index (χ0) is 17.6. The molecule has 0 N–H and O–H groups in total. The summed E-state index contributed by atoms with van der Waals surface area (Å²) in [7, 11) is 0. The molecule has 0 saturated carbocycles. The van der Waals surface area contributed by atoms with Gasteiger partial charge in [-0.25, -0.2) is 14.8 Å². The average molecular weight is 368 g/mol. The van der Waals surface area contributed by atoms with E-state index in [0.29, 0.717) is 11.3 Å². The van der Waals surface area contributed by atoms with Crippen LogP contribution in [0.3, 0.4) is 0 Å². The van der Waals surface area contributed by atoms with Crippen LogP contribution < -0.4 is 5.63 Å². The van der Waals surface area contributed by atoms with Crippen LogP contribution in [0.1, 0.15) is 21.6 Å². The fraction of sp³-hybridized carbons (Fsp3) is 0.211. The Morgan fingerprint density at radius 1 is 1.16 bits per heavy atom. The summed E-state index contributed by atoms with van der Waals surface area (Å²) in [6.07, 6.45) is 1.61. The highest BCUT2D eigenvalue weighted by atomic mass is 32.2. The van der Waals surface area contributed by atoms with Gasteiger partial charge < -0.3 is 4.42 Å². The Morgan fingerprint density at radius 2 is 2.00 bits per heavy atom. The van der Waals surface area contributed by atoms with E-state index in [4.69, 9.17) is 4.42 Å². The van der Waals surface area contributed by atoms with Gasteiger partial charge in [0.05, 0.1) is 0 Å². The third-order valence-electron chi connectivity index (χ3n) is 4.28. The molecule has 1 aromatic carbocycles. The van der Waals surface area contributed by atoms with Crippen LogP contribution in [-0.2, 0) is 5.75 Å². The molecule has 0 fully saturated rings. The first-order valence-electron chi connectivity index (χ1n) is 7.90. The first-order valence-corrected chi connectivity index (χ1v) is 9.70. The number of nitrogens with zero attached hydrogens (tertiary/aromatic N) is 2. The summed E-state index contributed by atoms with van der Waals surface area (Å²) in [5, 5.41) is 3.06. The molecule has 4 nitrogen and oxygen atoms in total. The van der Waals surface area contributed by atoms with E-state index < -0.39 is 0 Å². The summed E-state index contributed by atoms with van der Waals surface area (Å²) in [5.41, 5.74) is 3.59. The van der Waals surface area contributed by atoms with Gasteiger partial charge in [-0.1, -0.05) is 12.1 Å². The van der Waals surface area contributed by atoms with Crippen molar-refractivity contribution in [3.05, 3.63) is 62.6 Å². The minimum absolute atomic E-state index is 0.316. The Balaban J connectivity index is 1.75. The lowest BCUT2D eigenvalue weighted by Gasteiger charge is -2.07. The van der Waals surface area contributed by atoms with Crippen molar-refractivity contribution in [1.82, 2.24) is 9.97 Å². The monoisotopic (exact) mass is 368 g/mol. The van der Waals surface area contributed by atoms with Crippen LogP contribution in [0.4, 0.5) is 0 Å². The molecule has 0 radical (unpaired) electrons. The maximum absolute atomic E-state index is 11.9. The Hall–Kier alpha value is -2.18. The fourth-order valence-electron chi connectivity index (χ4n) is 2.86. The Morgan fingerprint density at radius 3 is 2.84 bits per heavy atom. The molecule has 0 atom stereocenters. The van der Waals surface area contributed by atoms with Crippen molar-refractivity contribution in [2.45, 2.75) is 31.6 Å². The Kier molecular flexibility index (Phi) is 4.09. The molecule has 3 heterocycles. The lowest BCUT2D eigenvalue weighted by Crippen LogP contribution is -2.00. The molecule has 4 aromatic rings. The summed E-state index contributed by atoms with van der Waals surface area (Å²) in [5.74, 6) is 0.658. The van der Waals surface area contributed by atoms with Crippen molar-refractivity contribution < 1.29 is 4.42 Å². The van der Waals surface area contributed by atoms with Crippen molar-refractivity contribution in [2.24, 2.45) is 0 Å².